The zero-order valence-electron chi connectivity index (χ0n) is 13.5. The molecule has 2 heterocycles. The van der Waals surface area contributed by atoms with Crippen molar-refractivity contribution in [2.75, 3.05) is 6.54 Å². The van der Waals surface area contributed by atoms with Gasteiger partial charge in [0.2, 0.25) is 5.91 Å². The molecule has 0 unspecified atom stereocenters. The maximum absolute atomic E-state index is 12.0. The van der Waals surface area contributed by atoms with Crippen molar-refractivity contribution >= 4 is 11.7 Å². The molecular formula is C17H21N5O2. The van der Waals surface area contributed by atoms with Crippen molar-refractivity contribution < 1.29 is 9.59 Å². The number of pyridine rings is 1. The number of carbonyl (C=O) groups is 2. The van der Waals surface area contributed by atoms with Gasteiger partial charge in [0.15, 0.2) is 11.6 Å². The van der Waals surface area contributed by atoms with Gasteiger partial charge < -0.3 is 5.32 Å². The largest absolute Gasteiger partial charge is 0.349 e. The van der Waals surface area contributed by atoms with Gasteiger partial charge >= 0.3 is 0 Å². The molecule has 1 fully saturated rings. The average molecular weight is 327 g/mol. The van der Waals surface area contributed by atoms with Gasteiger partial charge in [0.1, 0.15) is 11.5 Å². The number of H-pyrrole nitrogens is 1. The predicted octanol–water partition coefficient (Wildman–Crippen LogP) is 1.67. The number of carbonyl (C=O) groups excluding carboxylic acids is 2. The average Bonchev–Trinajstić information content (AvgIpc) is 3.26. The third kappa shape index (κ3) is 4.47. The van der Waals surface area contributed by atoms with Crippen molar-refractivity contribution in [1.82, 2.24) is 25.5 Å². The quantitative estimate of drug-likeness (QED) is 0.805. The van der Waals surface area contributed by atoms with E-state index in [1.54, 1.807) is 12.3 Å². The maximum Gasteiger partial charge on any atom is 0.220 e. The van der Waals surface area contributed by atoms with Crippen LogP contribution in [0.2, 0.25) is 0 Å². The standard InChI is InChI=1S/C17H21N5O2/c23-13(11-19-16(24)9-12-5-1-2-6-12)10-15-20-17(22-21-15)14-7-3-4-8-18-14/h3-4,7-8,12H,1-2,5-6,9-11H2,(H,19,24)(H,20,21,22). The second-order valence-electron chi connectivity index (χ2n) is 6.17. The van der Waals surface area contributed by atoms with Crippen molar-refractivity contribution in [2.24, 2.45) is 5.92 Å². The molecule has 1 amide bonds. The summed E-state index contributed by atoms with van der Waals surface area (Å²) in [4.78, 5) is 32.3. The number of hydrogen-bond acceptors (Lipinski definition) is 5. The molecule has 3 rings (SSSR count). The molecule has 0 radical (unpaired) electrons. The number of nitrogens with zero attached hydrogens (tertiary/aromatic N) is 3. The molecule has 2 aromatic rings. The van der Waals surface area contributed by atoms with E-state index < -0.39 is 0 Å². The first-order valence-corrected chi connectivity index (χ1v) is 8.32. The molecule has 126 valence electrons. The second-order valence-corrected chi connectivity index (χ2v) is 6.17. The summed E-state index contributed by atoms with van der Waals surface area (Å²) in [5.41, 5.74) is 0.650. The number of nitrogens with one attached hydrogen (secondary N) is 2. The SMILES string of the molecule is O=C(CNC(=O)CC1CCCC1)Cc1nc(-c2ccccn2)n[nH]1. The van der Waals surface area contributed by atoms with Gasteiger partial charge in [-0.05, 0) is 30.9 Å². The van der Waals surface area contributed by atoms with Gasteiger partial charge in [0.25, 0.3) is 0 Å². The molecule has 7 heteroatoms. The Bertz CT molecular complexity index is 692. The van der Waals surface area contributed by atoms with Crippen LogP contribution in [0.4, 0.5) is 0 Å². The van der Waals surface area contributed by atoms with Crippen LogP contribution in [0.3, 0.4) is 0 Å². The molecule has 1 aliphatic rings. The van der Waals surface area contributed by atoms with Gasteiger partial charge in [-0.3, -0.25) is 19.7 Å². The Morgan fingerprint density at radius 2 is 2.08 bits per heavy atom. The summed E-state index contributed by atoms with van der Waals surface area (Å²) < 4.78 is 0. The van der Waals surface area contributed by atoms with Crippen LogP contribution in [0.25, 0.3) is 11.5 Å². The van der Waals surface area contributed by atoms with Crippen LogP contribution in [0.1, 0.15) is 37.9 Å². The molecule has 0 aliphatic heterocycles. The zero-order valence-corrected chi connectivity index (χ0v) is 13.5. The van der Waals surface area contributed by atoms with E-state index in [4.69, 9.17) is 0 Å². The van der Waals surface area contributed by atoms with Gasteiger partial charge in [-0.2, -0.15) is 5.10 Å². The number of Topliss-reactive ketones (excluding diaryl/α,β-unsaturated/α-hetero) is 1. The van der Waals surface area contributed by atoms with Crippen LogP contribution < -0.4 is 5.32 Å². The first-order chi connectivity index (χ1) is 11.7. The first kappa shape index (κ1) is 16.3. The van der Waals surface area contributed by atoms with E-state index in [9.17, 15) is 9.59 Å². The molecule has 24 heavy (non-hydrogen) atoms. The van der Waals surface area contributed by atoms with Crippen LogP contribution in [0.15, 0.2) is 24.4 Å². The highest BCUT2D eigenvalue weighted by molar-refractivity contribution is 5.87. The fraction of sp³-hybridized carbons (Fsp3) is 0.471. The molecule has 1 aliphatic carbocycles. The Labute approximate surface area is 140 Å². The molecule has 2 N–H and O–H groups in total. The van der Waals surface area contributed by atoms with Gasteiger partial charge in [0.05, 0.1) is 13.0 Å². The normalized spacial score (nSPS) is 14.7. The topological polar surface area (TPSA) is 101 Å². The van der Waals surface area contributed by atoms with Gasteiger partial charge in [-0.15, -0.1) is 0 Å². The highest BCUT2D eigenvalue weighted by Crippen LogP contribution is 2.27. The Balaban J connectivity index is 1.45. The number of rotatable bonds is 7. The maximum atomic E-state index is 12.0. The molecule has 0 aromatic carbocycles. The molecule has 7 nitrogen and oxygen atoms in total. The van der Waals surface area contributed by atoms with E-state index in [1.807, 2.05) is 12.1 Å². The molecular weight excluding hydrogens is 306 g/mol. The van der Waals surface area contributed by atoms with Crippen LogP contribution in [0, 0.1) is 5.92 Å². The van der Waals surface area contributed by atoms with Crippen LogP contribution >= 0.6 is 0 Å². The molecule has 0 saturated heterocycles. The van der Waals surface area contributed by atoms with Crippen LogP contribution in [0.5, 0.6) is 0 Å². The predicted molar refractivity (Wildman–Crippen MR) is 87.9 cm³/mol. The summed E-state index contributed by atoms with van der Waals surface area (Å²) in [6.45, 7) is 0.0329. The summed E-state index contributed by atoms with van der Waals surface area (Å²) in [6, 6.07) is 5.47. The van der Waals surface area contributed by atoms with Crippen molar-refractivity contribution in [3.05, 3.63) is 30.2 Å². The van der Waals surface area contributed by atoms with Gasteiger partial charge in [-0.25, -0.2) is 4.98 Å². The minimum absolute atomic E-state index is 0.0329. The first-order valence-electron chi connectivity index (χ1n) is 8.32. The summed E-state index contributed by atoms with van der Waals surface area (Å²) in [7, 11) is 0. The smallest absolute Gasteiger partial charge is 0.220 e. The minimum atomic E-state index is -0.0986. The molecule has 0 atom stereocenters. The van der Waals surface area contributed by atoms with Crippen molar-refractivity contribution in [2.45, 2.75) is 38.5 Å². The van der Waals surface area contributed by atoms with Crippen molar-refractivity contribution in [3.8, 4) is 11.5 Å². The van der Waals surface area contributed by atoms with Crippen LogP contribution in [-0.4, -0.2) is 38.4 Å². The Hall–Kier alpha value is -2.57. The molecule has 0 spiro atoms. The number of hydrogen-bond donors (Lipinski definition) is 2. The second kappa shape index (κ2) is 7.81. The van der Waals surface area contributed by atoms with E-state index in [2.05, 4.69) is 25.5 Å². The molecule has 0 bridgehead atoms. The Kier molecular flexibility index (Phi) is 5.30. The molecule has 2 aromatic heterocycles. The summed E-state index contributed by atoms with van der Waals surface area (Å²) >= 11 is 0. The van der Waals surface area contributed by atoms with Crippen molar-refractivity contribution in [3.63, 3.8) is 0 Å². The fourth-order valence-corrected chi connectivity index (χ4v) is 2.98. The Morgan fingerprint density at radius 1 is 1.25 bits per heavy atom. The van der Waals surface area contributed by atoms with E-state index in [-0.39, 0.29) is 24.7 Å². The van der Waals surface area contributed by atoms with E-state index >= 15 is 0 Å². The highest BCUT2D eigenvalue weighted by atomic mass is 16.2. The number of amides is 1. The number of aromatic amines is 1. The lowest BCUT2D eigenvalue weighted by molar-refractivity contribution is -0.125. The molecule has 1 saturated carbocycles. The fourth-order valence-electron chi connectivity index (χ4n) is 2.98. The summed E-state index contributed by atoms with van der Waals surface area (Å²) in [5, 5.41) is 9.52. The lowest BCUT2D eigenvalue weighted by Gasteiger charge is -2.08. The van der Waals surface area contributed by atoms with E-state index in [0.29, 0.717) is 29.7 Å². The summed E-state index contributed by atoms with van der Waals surface area (Å²) in [6.07, 6.45) is 6.97. The zero-order chi connectivity index (χ0) is 16.8. The third-order valence-corrected chi connectivity index (χ3v) is 4.22. The minimum Gasteiger partial charge on any atom is -0.349 e. The lowest BCUT2D eigenvalue weighted by atomic mass is 10.0. The van der Waals surface area contributed by atoms with Gasteiger partial charge in [-0.1, -0.05) is 18.9 Å². The van der Waals surface area contributed by atoms with E-state index in [1.165, 1.54) is 12.8 Å². The van der Waals surface area contributed by atoms with E-state index in [0.717, 1.165) is 12.8 Å². The Morgan fingerprint density at radius 3 is 2.83 bits per heavy atom. The number of ketones is 1. The van der Waals surface area contributed by atoms with Gasteiger partial charge in [0, 0.05) is 12.6 Å². The van der Waals surface area contributed by atoms with Crippen molar-refractivity contribution in [1.29, 1.82) is 0 Å². The lowest BCUT2D eigenvalue weighted by Crippen LogP contribution is -2.31. The van der Waals surface area contributed by atoms with Crippen LogP contribution in [-0.2, 0) is 16.0 Å². The summed E-state index contributed by atoms with van der Waals surface area (Å²) in [5.74, 6) is 1.28. The third-order valence-electron chi connectivity index (χ3n) is 4.22. The monoisotopic (exact) mass is 327 g/mol. The number of aromatic nitrogens is 4. The highest BCUT2D eigenvalue weighted by Gasteiger charge is 2.19.